The second-order valence-electron chi connectivity index (χ2n) is 5.29. The van der Waals surface area contributed by atoms with E-state index in [0.717, 1.165) is 4.57 Å². The summed E-state index contributed by atoms with van der Waals surface area (Å²) in [4.78, 5) is 39.7. The molecule has 0 spiro atoms. The summed E-state index contributed by atoms with van der Waals surface area (Å²) in [6.07, 6.45) is 2.70. The van der Waals surface area contributed by atoms with Gasteiger partial charge in [0.05, 0.1) is 23.7 Å². The maximum Gasteiger partial charge on any atom is 0.343 e. The number of hydrogen-bond donors (Lipinski definition) is 1. The number of ether oxygens (including phenoxy) is 1. The number of carboxylic acids is 1. The van der Waals surface area contributed by atoms with Crippen LogP contribution in [0.5, 0.6) is 0 Å². The Morgan fingerprint density at radius 1 is 1.38 bits per heavy atom. The number of rotatable bonds is 3. The first-order valence-electron chi connectivity index (χ1n) is 7.07. The molecule has 3 rings (SSSR count). The highest BCUT2D eigenvalue weighted by Gasteiger charge is 2.22. The largest absolute Gasteiger partial charge is 0.480 e. The number of fused-ring (bicyclic) bond motifs is 3. The van der Waals surface area contributed by atoms with E-state index in [0.29, 0.717) is 11.2 Å². The molecule has 1 N–H and O–H groups in total. The highest BCUT2D eigenvalue weighted by Crippen LogP contribution is 2.19. The Morgan fingerprint density at radius 3 is 2.71 bits per heavy atom. The quantitative estimate of drug-likeness (QED) is 0.706. The van der Waals surface area contributed by atoms with Crippen LogP contribution in [0, 0.1) is 6.92 Å². The molecular formula is C15H14N4O5. The number of aliphatic carboxylic acids is 1. The fourth-order valence-electron chi connectivity index (χ4n) is 2.56. The smallest absolute Gasteiger partial charge is 0.343 e. The van der Waals surface area contributed by atoms with Crippen LogP contribution in [0.15, 0.2) is 23.3 Å². The summed E-state index contributed by atoms with van der Waals surface area (Å²) in [6, 6.07) is 0.556. The molecule has 124 valence electrons. The zero-order valence-corrected chi connectivity index (χ0v) is 13.2. The minimum Gasteiger partial charge on any atom is -0.480 e. The lowest BCUT2D eigenvalue weighted by molar-refractivity contribution is -0.140. The first-order valence-corrected chi connectivity index (χ1v) is 7.07. The van der Waals surface area contributed by atoms with E-state index in [4.69, 9.17) is 9.84 Å². The number of nitrogens with zero attached hydrogens (tertiary/aromatic N) is 4. The molecule has 0 amide bonds. The monoisotopic (exact) mass is 330 g/mol. The molecule has 0 saturated carbocycles. The van der Waals surface area contributed by atoms with Crippen molar-refractivity contribution >= 4 is 28.5 Å². The Labute approximate surface area is 135 Å². The average molecular weight is 330 g/mol. The van der Waals surface area contributed by atoms with Gasteiger partial charge in [-0.3, -0.25) is 4.79 Å². The molecule has 0 fully saturated rings. The van der Waals surface area contributed by atoms with Gasteiger partial charge in [-0.25, -0.2) is 19.1 Å². The number of carbonyl (C=O) groups is 2. The van der Waals surface area contributed by atoms with Crippen LogP contribution in [0.2, 0.25) is 0 Å². The van der Waals surface area contributed by atoms with Crippen molar-refractivity contribution in [2.24, 2.45) is 0 Å². The molecule has 0 bridgehead atoms. The highest BCUT2D eigenvalue weighted by atomic mass is 16.5. The van der Waals surface area contributed by atoms with Crippen molar-refractivity contribution in [1.29, 1.82) is 0 Å². The Kier molecular flexibility index (Phi) is 3.55. The predicted molar refractivity (Wildman–Crippen MR) is 83.2 cm³/mol. The predicted octanol–water partition coefficient (Wildman–Crippen LogP) is 0.785. The van der Waals surface area contributed by atoms with E-state index in [1.54, 1.807) is 13.0 Å². The van der Waals surface area contributed by atoms with Crippen molar-refractivity contribution in [3.05, 3.63) is 40.1 Å². The molecule has 3 aromatic heterocycles. The molecule has 9 nitrogen and oxygen atoms in total. The third-order valence-corrected chi connectivity index (χ3v) is 3.88. The number of aryl methyl sites for hydroxylation is 1. The van der Waals surface area contributed by atoms with Crippen molar-refractivity contribution < 1.29 is 19.4 Å². The van der Waals surface area contributed by atoms with Crippen molar-refractivity contribution in [1.82, 2.24) is 19.2 Å². The molecule has 3 aromatic rings. The second-order valence-corrected chi connectivity index (χ2v) is 5.29. The molecule has 0 radical (unpaired) electrons. The van der Waals surface area contributed by atoms with Crippen LogP contribution in [0.25, 0.3) is 16.6 Å². The summed E-state index contributed by atoms with van der Waals surface area (Å²) in [5.74, 6) is -1.68. The van der Waals surface area contributed by atoms with Gasteiger partial charge in [-0.15, -0.1) is 0 Å². The van der Waals surface area contributed by atoms with Crippen molar-refractivity contribution in [3.8, 4) is 0 Å². The van der Waals surface area contributed by atoms with Crippen molar-refractivity contribution in [2.75, 3.05) is 7.11 Å². The summed E-state index contributed by atoms with van der Waals surface area (Å²) in [5, 5.41) is 13.5. The molecule has 0 aliphatic rings. The van der Waals surface area contributed by atoms with E-state index in [1.165, 1.54) is 30.9 Å². The van der Waals surface area contributed by atoms with Gasteiger partial charge in [-0.05, 0) is 19.9 Å². The lowest BCUT2D eigenvalue weighted by atomic mass is 10.2. The summed E-state index contributed by atoms with van der Waals surface area (Å²) in [5.41, 5.74) is 0.851. The highest BCUT2D eigenvalue weighted by molar-refractivity contribution is 5.98. The van der Waals surface area contributed by atoms with E-state index in [-0.39, 0.29) is 16.6 Å². The van der Waals surface area contributed by atoms with Gasteiger partial charge in [-0.2, -0.15) is 5.10 Å². The SMILES string of the molecule is COC(=O)c1c(C)nn2c1ncc1c(=O)n(C(C)C(=O)O)ccc12. The Morgan fingerprint density at radius 2 is 2.08 bits per heavy atom. The molecule has 0 aliphatic heterocycles. The third kappa shape index (κ3) is 2.13. The number of methoxy groups -OCH3 is 1. The summed E-state index contributed by atoms with van der Waals surface area (Å²) in [7, 11) is 1.26. The van der Waals surface area contributed by atoms with E-state index in [2.05, 4.69) is 10.1 Å². The maximum atomic E-state index is 12.5. The van der Waals surface area contributed by atoms with Crippen LogP contribution < -0.4 is 5.56 Å². The van der Waals surface area contributed by atoms with Gasteiger partial charge in [0.1, 0.15) is 11.6 Å². The number of esters is 1. The van der Waals surface area contributed by atoms with Gasteiger partial charge in [0.25, 0.3) is 5.56 Å². The lowest BCUT2D eigenvalue weighted by Crippen LogP contribution is -2.28. The molecule has 0 saturated heterocycles. The van der Waals surface area contributed by atoms with Gasteiger partial charge < -0.3 is 14.4 Å². The first-order chi connectivity index (χ1) is 11.4. The van der Waals surface area contributed by atoms with Crippen LogP contribution >= 0.6 is 0 Å². The molecule has 0 aromatic carbocycles. The van der Waals surface area contributed by atoms with Gasteiger partial charge in [0.2, 0.25) is 0 Å². The molecule has 1 atom stereocenters. The van der Waals surface area contributed by atoms with Crippen LogP contribution in [0.3, 0.4) is 0 Å². The second kappa shape index (κ2) is 5.44. The normalized spacial score (nSPS) is 12.5. The minimum absolute atomic E-state index is 0.206. The number of carbonyl (C=O) groups excluding carboxylic acids is 1. The fraction of sp³-hybridized carbons (Fsp3) is 0.267. The Bertz CT molecular complexity index is 1050. The van der Waals surface area contributed by atoms with Crippen molar-refractivity contribution in [2.45, 2.75) is 19.9 Å². The van der Waals surface area contributed by atoms with E-state index < -0.39 is 23.5 Å². The van der Waals surface area contributed by atoms with Crippen LogP contribution in [0.1, 0.15) is 29.0 Å². The zero-order valence-electron chi connectivity index (χ0n) is 13.2. The fourth-order valence-corrected chi connectivity index (χ4v) is 2.56. The molecule has 24 heavy (non-hydrogen) atoms. The molecule has 3 heterocycles. The minimum atomic E-state index is -1.12. The maximum absolute atomic E-state index is 12.5. The zero-order chi connectivity index (χ0) is 17.6. The van der Waals surface area contributed by atoms with Gasteiger partial charge in [-0.1, -0.05) is 0 Å². The van der Waals surface area contributed by atoms with E-state index in [9.17, 15) is 14.4 Å². The molecule has 0 aliphatic carbocycles. The third-order valence-electron chi connectivity index (χ3n) is 3.88. The number of carboxylic acid groups (broad SMARTS) is 1. The molecule has 1 unspecified atom stereocenters. The topological polar surface area (TPSA) is 116 Å². The number of hydrogen-bond acceptors (Lipinski definition) is 6. The molecule has 9 heteroatoms. The number of pyridine rings is 1. The number of aromatic nitrogens is 4. The molecular weight excluding hydrogens is 316 g/mol. The summed E-state index contributed by atoms with van der Waals surface area (Å²) in [6.45, 7) is 3.05. The van der Waals surface area contributed by atoms with Gasteiger partial charge in [0.15, 0.2) is 5.65 Å². The Balaban J connectivity index is 2.35. The van der Waals surface area contributed by atoms with E-state index in [1.807, 2.05) is 0 Å². The lowest BCUT2D eigenvalue weighted by Gasteiger charge is -2.11. The Hall–Kier alpha value is -3.23. The standard InChI is InChI=1S/C15H14N4O5/c1-7-11(15(23)24-3)12-16-6-9-10(19(12)17-7)4-5-18(13(9)20)8(2)14(21)22/h4-6,8H,1-3H3,(H,21,22). The summed E-state index contributed by atoms with van der Waals surface area (Å²) < 4.78 is 7.22. The average Bonchev–Trinajstić information content (AvgIpc) is 2.90. The first kappa shape index (κ1) is 15.7. The summed E-state index contributed by atoms with van der Waals surface area (Å²) >= 11 is 0. The van der Waals surface area contributed by atoms with Gasteiger partial charge in [0, 0.05) is 12.4 Å². The van der Waals surface area contributed by atoms with Crippen LogP contribution in [-0.2, 0) is 9.53 Å². The van der Waals surface area contributed by atoms with Gasteiger partial charge >= 0.3 is 11.9 Å². The van der Waals surface area contributed by atoms with Crippen molar-refractivity contribution in [3.63, 3.8) is 0 Å². The van der Waals surface area contributed by atoms with Crippen LogP contribution in [-0.4, -0.2) is 43.3 Å². The van der Waals surface area contributed by atoms with Crippen LogP contribution in [0.4, 0.5) is 0 Å². The van der Waals surface area contributed by atoms with E-state index >= 15 is 0 Å².